The number of nitrogens with two attached hydrogens (primary N) is 1. The molecule has 0 radical (unpaired) electrons. The van der Waals surface area contributed by atoms with E-state index >= 15 is 0 Å². The first kappa shape index (κ1) is 15.5. The molecule has 0 unspecified atom stereocenters. The Bertz CT molecular complexity index is 562. The Hall–Kier alpha value is -1.60. The van der Waals surface area contributed by atoms with E-state index in [1.54, 1.807) is 38.1 Å². The van der Waals surface area contributed by atoms with E-state index in [2.05, 4.69) is 10.0 Å². The molecule has 0 atom stereocenters. The third-order valence-electron chi connectivity index (χ3n) is 2.11. The first-order chi connectivity index (χ1) is 8.57. The standard InChI is InChI=1S/C12H19N3O3S/c1-12(2,13)8-11(16)14-9-6-4-5-7-10(9)15-19(3,17)18/h4-7,15H,8,13H2,1-3H3,(H,14,16). The largest absolute Gasteiger partial charge is 0.325 e. The maximum Gasteiger partial charge on any atom is 0.229 e. The molecular formula is C12H19N3O3S. The van der Waals surface area contributed by atoms with Crippen molar-refractivity contribution in [2.45, 2.75) is 25.8 Å². The van der Waals surface area contributed by atoms with Gasteiger partial charge in [0.05, 0.1) is 17.6 Å². The molecule has 4 N–H and O–H groups in total. The maximum atomic E-state index is 11.8. The Morgan fingerprint density at radius 3 is 2.26 bits per heavy atom. The fourth-order valence-corrected chi connectivity index (χ4v) is 2.07. The van der Waals surface area contributed by atoms with Crippen molar-refractivity contribution < 1.29 is 13.2 Å². The van der Waals surface area contributed by atoms with Crippen molar-refractivity contribution in [1.29, 1.82) is 0 Å². The molecule has 0 spiro atoms. The topological polar surface area (TPSA) is 101 Å². The van der Waals surface area contributed by atoms with Crippen LogP contribution in [0.3, 0.4) is 0 Å². The first-order valence-electron chi connectivity index (χ1n) is 5.72. The summed E-state index contributed by atoms with van der Waals surface area (Å²) < 4.78 is 24.8. The number of sulfonamides is 1. The predicted molar refractivity (Wildman–Crippen MR) is 76.4 cm³/mol. The Labute approximate surface area is 113 Å². The van der Waals surface area contributed by atoms with Crippen molar-refractivity contribution >= 4 is 27.3 Å². The number of rotatable bonds is 5. The van der Waals surface area contributed by atoms with Gasteiger partial charge in [-0.25, -0.2) is 8.42 Å². The highest BCUT2D eigenvalue weighted by atomic mass is 32.2. The van der Waals surface area contributed by atoms with Crippen LogP contribution in [-0.2, 0) is 14.8 Å². The minimum Gasteiger partial charge on any atom is -0.325 e. The second kappa shape index (κ2) is 5.58. The van der Waals surface area contributed by atoms with Gasteiger partial charge in [0.25, 0.3) is 0 Å². The summed E-state index contributed by atoms with van der Waals surface area (Å²) in [6.07, 6.45) is 1.19. The quantitative estimate of drug-likeness (QED) is 0.754. The molecule has 0 aliphatic rings. The van der Waals surface area contributed by atoms with Gasteiger partial charge in [-0.1, -0.05) is 12.1 Å². The van der Waals surface area contributed by atoms with Crippen LogP contribution in [0.5, 0.6) is 0 Å². The molecule has 0 aliphatic carbocycles. The van der Waals surface area contributed by atoms with Crippen molar-refractivity contribution in [1.82, 2.24) is 0 Å². The summed E-state index contributed by atoms with van der Waals surface area (Å²) in [4.78, 5) is 11.8. The fraction of sp³-hybridized carbons (Fsp3) is 0.417. The lowest BCUT2D eigenvalue weighted by molar-refractivity contribution is -0.117. The van der Waals surface area contributed by atoms with Crippen LogP contribution < -0.4 is 15.8 Å². The van der Waals surface area contributed by atoms with Gasteiger partial charge < -0.3 is 11.1 Å². The summed E-state index contributed by atoms with van der Waals surface area (Å²) in [5.74, 6) is -0.268. The number of anilines is 2. The van der Waals surface area contributed by atoms with Gasteiger partial charge in [0.1, 0.15) is 0 Å². The van der Waals surface area contributed by atoms with Crippen molar-refractivity contribution in [2.75, 3.05) is 16.3 Å². The zero-order valence-corrected chi connectivity index (χ0v) is 12.0. The predicted octanol–water partition coefficient (Wildman–Crippen LogP) is 1.12. The van der Waals surface area contributed by atoms with Gasteiger partial charge in [-0.15, -0.1) is 0 Å². The number of carbonyl (C=O) groups excluding carboxylic acids is 1. The minimum absolute atomic E-state index is 0.139. The molecule has 1 rings (SSSR count). The number of hydrogen-bond donors (Lipinski definition) is 3. The van der Waals surface area contributed by atoms with E-state index in [0.717, 1.165) is 6.26 Å². The molecule has 0 fully saturated rings. The highest BCUT2D eigenvalue weighted by Crippen LogP contribution is 2.22. The molecule has 0 bridgehead atoms. The summed E-state index contributed by atoms with van der Waals surface area (Å²) in [6, 6.07) is 6.58. The molecule has 0 heterocycles. The van der Waals surface area contributed by atoms with Gasteiger partial charge in [0.2, 0.25) is 15.9 Å². The van der Waals surface area contributed by atoms with E-state index in [-0.39, 0.29) is 12.3 Å². The zero-order valence-electron chi connectivity index (χ0n) is 11.2. The van der Waals surface area contributed by atoms with Gasteiger partial charge in [-0.3, -0.25) is 9.52 Å². The van der Waals surface area contributed by atoms with Gasteiger partial charge in [0.15, 0.2) is 0 Å². The van der Waals surface area contributed by atoms with Crippen LogP contribution in [0.25, 0.3) is 0 Å². The SMILES string of the molecule is CC(C)(N)CC(=O)Nc1ccccc1NS(C)(=O)=O. The monoisotopic (exact) mass is 285 g/mol. The Morgan fingerprint density at radius 2 is 1.79 bits per heavy atom. The number of amides is 1. The van der Waals surface area contributed by atoms with E-state index in [4.69, 9.17) is 5.73 Å². The zero-order chi connectivity index (χ0) is 14.7. The molecule has 0 saturated heterocycles. The fourth-order valence-electron chi connectivity index (χ4n) is 1.49. The van der Waals surface area contributed by atoms with E-state index in [1.165, 1.54) is 0 Å². The number of hydrogen-bond acceptors (Lipinski definition) is 4. The summed E-state index contributed by atoms with van der Waals surface area (Å²) in [5.41, 5.74) is 5.87. The number of para-hydroxylation sites is 2. The van der Waals surface area contributed by atoms with Crippen LogP contribution in [0.1, 0.15) is 20.3 Å². The smallest absolute Gasteiger partial charge is 0.229 e. The normalized spacial score (nSPS) is 12.0. The van der Waals surface area contributed by atoms with Crippen LogP contribution in [0.4, 0.5) is 11.4 Å². The summed E-state index contributed by atoms with van der Waals surface area (Å²) in [5, 5.41) is 2.64. The average Bonchev–Trinajstić information content (AvgIpc) is 2.15. The molecule has 106 valence electrons. The van der Waals surface area contributed by atoms with Crippen LogP contribution in [0.2, 0.25) is 0 Å². The molecule has 0 aliphatic heterocycles. The van der Waals surface area contributed by atoms with E-state index < -0.39 is 15.6 Å². The molecule has 7 heteroatoms. The Kier molecular flexibility index (Phi) is 4.54. The highest BCUT2D eigenvalue weighted by Gasteiger charge is 2.17. The second-order valence-corrected chi connectivity index (χ2v) is 6.88. The van der Waals surface area contributed by atoms with E-state index in [9.17, 15) is 13.2 Å². The van der Waals surface area contributed by atoms with E-state index in [1.807, 2.05) is 0 Å². The van der Waals surface area contributed by atoms with Crippen molar-refractivity contribution in [3.63, 3.8) is 0 Å². The molecule has 1 aromatic rings. The average molecular weight is 285 g/mol. The lowest BCUT2D eigenvalue weighted by Crippen LogP contribution is -2.36. The molecular weight excluding hydrogens is 266 g/mol. The first-order valence-corrected chi connectivity index (χ1v) is 7.61. The summed E-state index contributed by atoms with van der Waals surface area (Å²) in [7, 11) is -3.40. The molecule has 19 heavy (non-hydrogen) atoms. The Morgan fingerprint density at radius 1 is 1.26 bits per heavy atom. The number of benzene rings is 1. The number of nitrogens with one attached hydrogen (secondary N) is 2. The minimum atomic E-state index is -3.40. The molecule has 1 aromatic carbocycles. The second-order valence-electron chi connectivity index (χ2n) is 5.13. The number of carbonyl (C=O) groups is 1. The molecule has 0 saturated carbocycles. The molecule has 0 aromatic heterocycles. The molecule has 1 amide bonds. The van der Waals surface area contributed by atoms with Crippen molar-refractivity contribution in [3.8, 4) is 0 Å². The third kappa shape index (κ3) is 6.21. The van der Waals surface area contributed by atoms with E-state index in [0.29, 0.717) is 11.4 Å². The van der Waals surface area contributed by atoms with Crippen LogP contribution in [-0.4, -0.2) is 26.1 Å². The lowest BCUT2D eigenvalue weighted by Gasteiger charge is -2.18. The molecule has 6 nitrogen and oxygen atoms in total. The van der Waals surface area contributed by atoms with Crippen molar-refractivity contribution in [2.24, 2.45) is 5.73 Å². The van der Waals surface area contributed by atoms with Crippen LogP contribution >= 0.6 is 0 Å². The van der Waals surface area contributed by atoms with Gasteiger partial charge in [-0.05, 0) is 26.0 Å². The lowest BCUT2D eigenvalue weighted by atomic mass is 10.0. The van der Waals surface area contributed by atoms with Gasteiger partial charge in [0, 0.05) is 12.0 Å². The Balaban J connectivity index is 2.87. The highest BCUT2D eigenvalue weighted by molar-refractivity contribution is 7.92. The van der Waals surface area contributed by atoms with Gasteiger partial charge in [-0.2, -0.15) is 0 Å². The van der Waals surface area contributed by atoms with Gasteiger partial charge >= 0.3 is 0 Å². The summed E-state index contributed by atoms with van der Waals surface area (Å²) in [6.45, 7) is 3.49. The van der Waals surface area contributed by atoms with Crippen LogP contribution in [0, 0.1) is 0 Å². The summed E-state index contributed by atoms with van der Waals surface area (Å²) >= 11 is 0. The maximum absolute atomic E-state index is 11.8. The van der Waals surface area contributed by atoms with Crippen molar-refractivity contribution in [3.05, 3.63) is 24.3 Å². The van der Waals surface area contributed by atoms with Crippen LogP contribution in [0.15, 0.2) is 24.3 Å². The third-order valence-corrected chi connectivity index (χ3v) is 2.70.